The number of rotatable bonds is 11. The number of unbranched alkanes of at least 4 members (excludes halogenated alkanes) is 6. The van der Waals surface area contributed by atoms with E-state index >= 15 is 0 Å². The first-order chi connectivity index (χ1) is 13.1. The van der Waals surface area contributed by atoms with E-state index in [2.05, 4.69) is 6.92 Å². The molecule has 2 aliphatic carbocycles. The second-order valence-corrected chi connectivity index (χ2v) is 8.78. The number of carbonyl (C=O) groups is 1. The monoisotopic (exact) mass is 381 g/mol. The Balaban J connectivity index is 1.53. The summed E-state index contributed by atoms with van der Waals surface area (Å²) < 4.78 is 5.68. The number of nitrogens with zero attached hydrogens (tertiary/aromatic N) is 1. The average molecular weight is 382 g/mol. The van der Waals surface area contributed by atoms with Crippen molar-refractivity contribution in [1.29, 1.82) is 0 Å². The van der Waals surface area contributed by atoms with Crippen molar-refractivity contribution in [2.45, 2.75) is 122 Å². The molecule has 0 radical (unpaired) electrons. The third-order valence-electron chi connectivity index (χ3n) is 6.62. The molecule has 0 aromatic heterocycles. The van der Waals surface area contributed by atoms with Gasteiger partial charge in [-0.15, -0.1) is 0 Å². The Kier molecular flexibility index (Phi) is 10.1. The number of ether oxygens (including phenoxy) is 1. The summed E-state index contributed by atoms with van der Waals surface area (Å²) in [6.45, 7) is 2.26. The van der Waals surface area contributed by atoms with Gasteiger partial charge in [0.2, 0.25) is 6.04 Å². The molecule has 5 nitrogen and oxygen atoms in total. The van der Waals surface area contributed by atoms with Crippen LogP contribution in [0.4, 0.5) is 0 Å². The molecular formula is C22H39NO4. The highest BCUT2D eigenvalue weighted by Crippen LogP contribution is 2.34. The van der Waals surface area contributed by atoms with Crippen LogP contribution in [-0.2, 0) is 9.53 Å². The number of hydrogen-bond donors (Lipinski definition) is 0. The minimum Gasteiger partial charge on any atom is -0.462 e. The maximum Gasteiger partial charge on any atom is 0.309 e. The Morgan fingerprint density at radius 3 is 2.07 bits per heavy atom. The average Bonchev–Trinajstić information content (AvgIpc) is 2.68. The number of nitro groups is 1. The van der Waals surface area contributed by atoms with Crippen LogP contribution in [0.15, 0.2) is 0 Å². The van der Waals surface area contributed by atoms with Gasteiger partial charge in [0.05, 0.1) is 5.92 Å². The fourth-order valence-electron chi connectivity index (χ4n) is 4.71. The van der Waals surface area contributed by atoms with Crippen LogP contribution in [0, 0.1) is 22.0 Å². The van der Waals surface area contributed by atoms with E-state index in [-0.39, 0.29) is 22.9 Å². The van der Waals surface area contributed by atoms with Crippen LogP contribution in [0.3, 0.4) is 0 Å². The van der Waals surface area contributed by atoms with Crippen LogP contribution in [0.5, 0.6) is 0 Å². The van der Waals surface area contributed by atoms with E-state index in [1.54, 1.807) is 0 Å². The predicted octanol–water partition coefficient (Wildman–Crippen LogP) is 6.06. The largest absolute Gasteiger partial charge is 0.462 e. The molecule has 156 valence electrons. The lowest BCUT2D eigenvalue weighted by molar-refractivity contribution is -0.527. The summed E-state index contributed by atoms with van der Waals surface area (Å²) in [4.78, 5) is 23.0. The Labute approximate surface area is 164 Å². The minimum absolute atomic E-state index is 0.0473. The van der Waals surface area contributed by atoms with E-state index in [9.17, 15) is 14.9 Å². The van der Waals surface area contributed by atoms with E-state index in [4.69, 9.17) is 4.74 Å². The van der Waals surface area contributed by atoms with Crippen LogP contribution < -0.4 is 0 Å². The Morgan fingerprint density at radius 2 is 1.48 bits per heavy atom. The second kappa shape index (κ2) is 12.4. The van der Waals surface area contributed by atoms with Crippen LogP contribution in [-0.4, -0.2) is 23.0 Å². The van der Waals surface area contributed by atoms with Crippen molar-refractivity contribution in [3.05, 3.63) is 10.1 Å². The molecule has 2 saturated carbocycles. The highest BCUT2D eigenvalue weighted by Gasteiger charge is 2.33. The van der Waals surface area contributed by atoms with Crippen LogP contribution in [0.1, 0.15) is 110 Å². The van der Waals surface area contributed by atoms with Crippen molar-refractivity contribution in [3.8, 4) is 0 Å². The number of hydrogen-bond acceptors (Lipinski definition) is 4. The SMILES string of the molecule is CCCCCCCCCC1CCC(C(=O)OC2CCC([N+](=O)[O-])CC2)CC1. The van der Waals surface area contributed by atoms with Gasteiger partial charge in [-0.3, -0.25) is 14.9 Å². The zero-order valence-corrected chi connectivity index (χ0v) is 17.2. The molecule has 0 saturated heterocycles. The van der Waals surface area contributed by atoms with Gasteiger partial charge < -0.3 is 4.74 Å². The van der Waals surface area contributed by atoms with Gasteiger partial charge in [0.25, 0.3) is 0 Å². The van der Waals surface area contributed by atoms with E-state index in [1.807, 2.05) is 0 Å². The van der Waals surface area contributed by atoms with E-state index in [1.165, 1.54) is 51.4 Å². The third kappa shape index (κ3) is 8.18. The molecule has 0 heterocycles. The molecule has 0 spiro atoms. The van der Waals surface area contributed by atoms with Gasteiger partial charge in [-0.25, -0.2) is 0 Å². The maximum absolute atomic E-state index is 12.4. The maximum atomic E-state index is 12.4. The molecule has 2 aliphatic rings. The van der Waals surface area contributed by atoms with Crippen molar-refractivity contribution >= 4 is 5.97 Å². The molecule has 0 aromatic carbocycles. The molecule has 5 heteroatoms. The van der Waals surface area contributed by atoms with Crippen LogP contribution >= 0.6 is 0 Å². The minimum atomic E-state index is -0.443. The molecule has 0 aromatic rings. The van der Waals surface area contributed by atoms with Gasteiger partial charge in [-0.05, 0) is 44.4 Å². The van der Waals surface area contributed by atoms with Gasteiger partial charge in [0.1, 0.15) is 6.10 Å². The molecule has 2 rings (SSSR count). The zero-order valence-electron chi connectivity index (χ0n) is 17.2. The molecule has 0 bridgehead atoms. The van der Waals surface area contributed by atoms with Gasteiger partial charge in [0, 0.05) is 17.8 Å². The van der Waals surface area contributed by atoms with Gasteiger partial charge in [0.15, 0.2) is 0 Å². The standard InChI is InChI=1S/C22H39NO4/c1-2-3-4-5-6-7-8-9-18-10-12-19(13-11-18)22(24)27-21-16-14-20(15-17-21)23(25)26/h18-21H,2-17H2,1H3. The molecule has 0 aliphatic heterocycles. The van der Waals surface area contributed by atoms with Crippen molar-refractivity contribution in [2.24, 2.45) is 11.8 Å². The molecule has 0 N–H and O–H groups in total. The summed E-state index contributed by atoms with van der Waals surface area (Å²) in [6.07, 6.45) is 17.4. The van der Waals surface area contributed by atoms with Crippen LogP contribution in [0.25, 0.3) is 0 Å². The molecular weight excluding hydrogens is 342 g/mol. The summed E-state index contributed by atoms with van der Waals surface area (Å²) >= 11 is 0. The first kappa shape index (κ1) is 22.2. The summed E-state index contributed by atoms with van der Waals surface area (Å²) in [5.74, 6) is 0.803. The fraction of sp³-hybridized carbons (Fsp3) is 0.955. The lowest BCUT2D eigenvalue weighted by Crippen LogP contribution is -2.33. The zero-order chi connectivity index (χ0) is 19.5. The van der Waals surface area contributed by atoms with Crippen molar-refractivity contribution in [2.75, 3.05) is 0 Å². The van der Waals surface area contributed by atoms with Gasteiger partial charge in [-0.1, -0.05) is 58.3 Å². The molecule has 27 heavy (non-hydrogen) atoms. The molecule has 0 unspecified atom stereocenters. The quantitative estimate of drug-likeness (QED) is 0.189. The van der Waals surface area contributed by atoms with E-state index in [0.29, 0.717) is 25.7 Å². The summed E-state index contributed by atoms with van der Waals surface area (Å²) in [5, 5.41) is 10.8. The van der Waals surface area contributed by atoms with Gasteiger partial charge >= 0.3 is 5.97 Å². The fourth-order valence-corrected chi connectivity index (χ4v) is 4.71. The summed E-state index contributed by atoms with van der Waals surface area (Å²) in [6, 6.07) is -0.443. The summed E-state index contributed by atoms with van der Waals surface area (Å²) in [5.41, 5.74) is 0. The summed E-state index contributed by atoms with van der Waals surface area (Å²) in [7, 11) is 0. The molecule has 2 fully saturated rings. The van der Waals surface area contributed by atoms with Crippen LogP contribution in [0.2, 0.25) is 0 Å². The lowest BCUT2D eigenvalue weighted by Gasteiger charge is -2.30. The smallest absolute Gasteiger partial charge is 0.309 e. The highest BCUT2D eigenvalue weighted by molar-refractivity contribution is 5.72. The van der Waals surface area contributed by atoms with Gasteiger partial charge in [-0.2, -0.15) is 0 Å². The van der Waals surface area contributed by atoms with Crippen molar-refractivity contribution in [3.63, 3.8) is 0 Å². The van der Waals surface area contributed by atoms with Crippen molar-refractivity contribution in [1.82, 2.24) is 0 Å². The Hall–Kier alpha value is -1.13. The van der Waals surface area contributed by atoms with E-state index < -0.39 is 6.04 Å². The Morgan fingerprint density at radius 1 is 0.889 bits per heavy atom. The first-order valence-corrected chi connectivity index (χ1v) is 11.4. The van der Waals surface area contributed by atoms with E-state index in [0.717, 1.165) is 31.6 Å². The molecule has 0 amide bonds. The predicted molar refractivity (Wildman–Crippen MR) is 107 cm³/mol. The normalized spacial score (nSPS) is 28.6. The third-order valence-corrected chi connectivity index (χ3v) is 6.62. The number of esters is 1. The second-order valence-electron chi connectivity index (χ2n) is 8.78. The lowest BCUT2D eigenvalue weighted by atomic mass is 9.79. The highest BCUT2D eigenvalue weighted by atomic mass is 16.6. The Bertz CT molecular complexity index is 438. The number of carbonyl (C=O) groups excluding carboxylic acids is 1. The van der Waals surface area contributed by atoms with Crippen molar-refractivity contribution < 1.29 is 14.5 Å². The topological polar surface area (TPSA) is 69.4 Å². The first-order valence-electron chi connectivity index (χ1n) is 11.4. The molecule has 0 atom stereocenters.